The molecule has 0 aromatic carbocycles. The van der Waals surface area contributed by atoms with Crippen molar-refractivity contribution in [2.24, 2.45) is 5.41 Å². The summed E-state index contributed by atoms with van der Waals surface area (Å²) in [5, 5.41) is 13.4. The van der Waals surface area contributed by atoms with Gasteiger partial charge in [-0.15, -0.1) is 0 Å². The van der Waals surface area contributed by atoms with Crippen LogP contribution in [0.5, 0.6) is 0 Å². The third-order valence-corrected chi connectivity index (χ3v) is 4.98. The number of anilines is 1. The predicted octanol–water partition coefficient (Wildman–Crippen LogP) is 3.49. The first-order valence-electron chi connectivity index (χ1n) is 7.41. The van der Waals surface area contributed by atoms with Gasteiger partial charge >= 0.3 is 6.09 Å². The number of amides is 1. The van der Waals surface area contributed by atoms with Crippen LogP contribution in [-0.4, -0.2) is 44.2 Å². The molecule has 22 heavy (non-hydrogen) atoms. The van der Waals surface area contributed by atoms with Gasteiger partial charge in [0, 0.05) is 6.54 Å². The molecule has 1 saturated heterocycles. The number of carbonyl (C=O) groups is 1. The SMILES string of the molecule is CC(C)(C)C1(C)C(Nc2ncc(Cl)cn2)CCCN1C(=O)O. The molecule has 0 radical (unpaired) electrons. The maximum Gasteiger partial charge on any atom is 0.407 e. The fourth-order valence-electron chi connectivity index (χ4n) is 3.13. The molecule has 2 N–H and O–H groups in total. The van der Waals surface area contributed by atoms with E-state index in [9.17, 15) is 9.90 Å². The number of nitrogens with zero attached hydrogens (tertiary/aromatic N) is 3. The summed E-state index contributed by atoms with van der Waals surface area (Å²) in [5.41, 5.74) is -0.810. The number of carboxylic acid groups (broad SMARTS) is 1. The molecule has 2 heterocycles. The lowest BCUT2D eigenvalue weighted by Crippen LogP contribution is -2.68. The van der Waals surface area contributed by atoms with E-state index in [1.54, 1.807) is 4.90 Å². The van der Waals surface area contributed by atoms with Crippen LogP contribution in [0.3, 0.4) is 0 Å². The number of piperidine rings is 1. The zero-order valence-corrected chi connectivity index (χ0v) is 14.2. The Labute approximate surface area is 135 Å². The van der Waals surface area contributed by atoms with Crippen LogP contribution in [0.25, 0.3) is 0 Å². The quantitative estimate of drug-likeness (QED) is 0.869. The van der Waals surface area contributed by atoms with E-state index in [0.717, 1.165) is 12.8 Å². The summed E-state index contributed by atoms with van der Waals surface area (Å²) in [7, 11) is 0. The molecular weight excluding hydrogens is 304 g/mol. The molecule has 0 spiro atoms. The minimum atomic E-state index is -0.888. The molecule has 1 aliphatic rings. The van der Waals surface area contributed by atoms with Gasteiger partial charge in [0.05, 0.1) is 29.0 Å². The highest BCUT2D eigenvalue weighted by Crippen LogP contribution is 2.43. The van der Waals surface area contributed by atoms with E-state index in [2.05, 4.69) is 36.1 Å². The number of nitrogens with one attached hydrogen (secondary N) is 1. The summed E-state index contributed by atoms with van der Waals surface area (Å²) < 4.78 is 0. The Morgan fingerprint density at radius 1 is 1.45 bits per heavy atom. The Bertz CT molecular complexity index is 543. The van der Waals surface area contributed by atoms with Crippen molar-refractivity contribution in [2.75, 3.05) is 11.9 Å². The molecular formula is C15H23ClN4O2. The second-order valence-electron chi connectivity index (χ2n) is 6.90. The minimum absolute atomic E-state index is 0.0708. The van der Waals surface area contributed by atoms with Gasteiger partial charge in [-0.2, -0.15) is 0 Å². The lowest BCUT2D eigenvalue weighted by molar-refractivity contribution is -0.0204. The second kappa shape index (κ2) is 5.91. The van der Waals surface area contributed by atoms with E-state index in [1.807, 2.05) is 6.92 Å². The third-order valence-electron chi connectivity index (χ3n) is 4.79. The molecule has 2 rings (SSSR count). The summed E-state index contributed by atoms with van der Waals surface area (Å²) in [6.07, 6.45) is 3.85. The first-order chi connectivity index (χ1) is 10.2. The first kappa shape index (κ1) is 16.8. The predicted molar refractivity (Wildman–Crippen MR) is 86.3 cm³/mol. The zero-order valence-electron chi connectivity index (χ0n) is 13.4. The molecule has 1 fully saturated rings. The maximum atomic E-state index is 11.7. The van der Waals surface area contributed by atoms with E-state index in [-0.39, 0.29) is 11.5 Å². The Hall–Kier alpha value is -1.56. The highest BCUT2D eigenvalue weighted by atomic mass is 35.5. The van der Waals surface area contributed by atoms with Gasteiger partial charge in [0.1, 0.15) is 0 Å². The van der Waals surface area contributed by atoms with E-state index in [1.165, 1.54) is 12.4 Å². The van der Waals surface area contributed by atoms with Gasteiger partial charge in [0.2, 0.25) is 5.95 Å². The summed E-state index contributed by atoms with van der Waals surface area (Å²) in [6.45, 7) is 8.72. The molecule has 1 aliphatic heterocycles. The highest BCUT2D eigenvalue weighted by Gasteiger charge is 2.52. The lowest BCUT2D eigenvalue weighted by Gasteiger charge is -2.55. The molecule has 2 atom stereocenters. The van der Waals surface area contributed by atoms with E-state index in [0.29, 0.717) is 17.5 Å². The molecule has 0 aliphatic carbocycles. The summed E-state index contributed by atoms with van der Waals surface area (Å²) in [5.74, 6) is 0.470. The first-order valence-corrected chi connectivity index (χ1v) is 7.78. The summed E-state index contributed by atoms with van der Waals surface area (Å²) >= 11 is 5.81. The summed E-state index contributed by atoms with van der Waals surface area (Å²) in [4.78, 5) is 21.6. The number of hydrogen-bond acceptors (Lipinski definition) is 4. The smallest absolute Gasteiger partial charge is 0.407 e. The van der Waals surface area contributed by atoms with Gasteiger partial charge in [-0.3, -0.25) is 0 Å². The van der Waals surface area contributed by atoms with Gasteiger partial charge in [-0.25, -0.2) is 14.8 Å². The standard InChI is InChI=1S/C15H23ClN4O2/c1-14(2,3)15(4)11(6-5-7-20(15)13(21)22)19-12-17-8-10(16)9-18-12/h8-9,11H,5-7H2,1-4H3,(H,21,22)(H,17,18,19). The van der Waals surface area contributed by atoms with Crippen molar-refractivity contribution in [3.8, 4) is 0 Å². The highest BCUT2D eigenvalue weighted by molar-refractivity contribution is 6.30. The van der Waals surface area contributed by atoms with Crippen molar-refractivity contribution in [2.45, 2.75) is 52.1 Å². The topological polar surface area (TPSA) is 78.4 Å². The maximum absolute atomic E-state index is 11.7. The average molecular weight is 327 g/mol. The number of likely N-dealkylation sites (tertiary alicyclic amines) is 1. The van der Waals surface area contributed by atoms with Crippen LogP contribution in [0.15, 0.2) is 12.4 Å². The van der Waals surface area contributed by atoms with Gasteiger partial charge in [0.15, 0.2) is 0 Å². The molecule has 0 saturated carbocycles. The fraction of sp³-hybridized carbons (Fsp3) is 0.667. The van der Waals surface area contributed by atoms with Crippen LogP contribution < -0.4 is 5.32 Å². The van der Waals surface area contributed by atoms with Crippen LogP contribution in [0.1, 0.15) is 40.5 Å². The number of aromatic nitrogens is 2. The summed E-state index contributed by atoms with van der Waals surface area (Å²) in [6, 6.07) is -0.0708. The van der Waals surface area contributed by atoms with E-state index >= 15 is 0 Å². The zero-order chi connectivity index (χ0) is 16.5. The van der Waals surface area contributed by atoms with Crippen molar-refractivity contribution in [1.29, 1.82) is 0 Å². The van der Waals surface area contributed by atoms with Crippen molar-refractivity contribution in [1.82, 2.24) is 14.9 Å². The van der Waals surface area contributed by atoms with E-state index < -0.39 is 11.6 Å². The molecule has 1 aromatic rings. The lowest BCUT2D eigenvalue weighted by atomic mass is 9.66. The van der Waals surface area contributed by atoms with Crippen molar-refractivity contribution in [3.05, 3.63) is 17.4 Å². The Morgan fingerprint density at radius 2 is 2.05 bits per heavy atom. The second-order valence-corrected chi connectivity index (χ2v) is 7.33. The van der Waals surface area contributed by atoms with Crippen LogP contribution in [0.4, 0.5) is 10.7 Å². The minimum Gasteiger partial charge on any atom is -0.465 e. The van der Waals surface area contributed by atoms with Crippen molar-refractivity contribution < 1.29 is 9.90 Å². The van der Waals surface area contributed by atoms with Gasteiger partial charge in [-0.05, 0) is 25.2 Å². The van der Waals surface area contributed by atoms with Crippen molar-refractivity contribution >= 4 is 23.6 Å². The Kier molecular flexibility index (Phi) is 4.52. The third kappa shape index (κ3) is 2.97. The normalized spacial score (nSPS) is 25.9. The van der Waals surface area contributed by atoms with Gasteiger partial charge < -0.3 is 15.3 Å². The Morgan fingerprint density at radius 3 is 2.55 bits per heavy atom. The number of rotatable bonds is 2. The number of hydrogen-bond donors (Lipinski definition) is 2. The van der Waals surface area contributed by atoms with E-state index in [4.69, 9.17) is 11.6 Å². The van der Waals surface area contributed by atoms with Crippen LogP contribution in [0.2, 0.25) is 5.02 Å². The molecule has 1 amide bonds. The monoisotopic (exact) mass is 326 g/mol. The molecule has 0 bridgehead atoms. The largest absolute Gasteiger partial charge is 0.465 e. The molecule has 6 nitrogen and oxygen atoms in total. The number of halogens is 1. The van der Waals surface area contributed by atoms with Gasteiger partial charge in [0.25, 0.3) is 0 Å². The Balaban J connectivity index is 2.34. The van der Waals surface area contributed by atoms with Crippen LogP contribution in [-0.2, 0) is 0 Å². The average Bonchev–Trinajstić information content (AvgIpc) is 2.42. The molecule has 122 valence electrons. The fourth-order valence-corrected chi connectivity index (χ4v) is 3.23. The molecule has 1 aromatic heterocycles. The van der Waals surface area contributed by atoms with Crippen molar-refractivity contribution in [3.63, 3.8) is 0 Å². The van der Waals surface area contributed by atoms with Crippen LogP contribution >= 0.6 is 11.6 Å². The molecule has 7 heteroatoms. The van der Waals surface area contributed by atoms with Gasteiger partial charge in [-0.1, -0.05) is 32.4 Å². The molecule has 2 unspecified atom stereocenters. The van der Waals surface area contributed by atoms with Crippen LogP contribution in [0, 0.1) is 5.41 Å².